The summed E-state index contributed by atoms with van der Waals surface area (Å²) in [6.45, 7) is -0.378. The second-order valence-electron chi connectivity index (χ2n) is 2.75. The molecule has 0 amide bonds. The van der Waals surface area contributed by atoms with Crippen LogP contribution >= 0.6 is 0 Å². The molecule has 0 bridgehead atoms. The van der Waals surface area contributed by atoms with E-state index in [1.165, 1.54) is 7.05 Å². The number of nitrogens with zero attached hydrogens (tertiary/aromatic N) is 1. The Morgan fingerprint density at radius 1 is 1.58 bits per heavy atom. The molecule has 72 valence electrons. The van der Waals surface area contributed by atoms with Crippen LogP contribution in [0.3, 0.4) is 0 Å². The van der Waals surface area contributed by atoms with E-state index in [0.29, 0.717) is 0 Å². The summed E-state index contributed by atoms with van der Waals surface area (Å²) in [7, 11) is 1.22. The van der Waals surface area contributed by atoms with Crippen LogP contribution in [0.1, 0.15) is 6.42 Å². The van der Waals surface area contributed by atoms with Gasteiger partial charge in [0.05, 0.1) is 6.61 Å². The molecule has 2 atom stereocenters. The standard InChI is InChI=1S/C6H10F3NO2/c1-10-5(6(7,8)9)2-4(3-11)12-10/h4-5,11H,2-3H2,1H3/t4-,5+/m1/s1. The monoisotopic (exact) mass is 185 g/mol. The Morgan fingerprint density at radius 3 is 2.42 bits per heavy atom. The lowest BCUT2D eigenvalue weighted by atomic mass is 10.1. The summed E-state index contributed by atoms with van der Waals surface area (Å²) in [6, 6.07) is -1.59. The van der Waals surface area contributed by atoms with Gasteiger partial charge in [0.15, 0.2) is 0 Å². The summed E-state index contributed by atoms with van der Waals surface area (Å²) in [6.07, 6.45) is -5.20. The van der Waals surface area contributed by atoms with Crippen LogP contribution in [0.2, 0.25) is 0 Å². The normalized spacial score (nSPS) is 32.8. The van der Waals surface area contributed by atoms with Crippen molar-refractivity contribution in [3.63, 3.8) is 0 Å². The van der Waals surface area contributed by atoms with Crippen LogP contribution in [0.4, 0.5) is 13.2 Å². The van der Waals surface area contributed by atoms with Gasteiger partial charge in [-0.15, -0.1) is 0 Å². The third kappa shape index (κ3) is 1.88. The molecular formula is C6H10F3NO2. The highest BCUT2D eigenvalue weighted by atomic mass is 19.4. The zero-order valence-corrected chi connectivity index (χ0v) is 6.51. The van der Waals surface area contributed by atoms with Crippen LogP contribution in [0.5, 0.6) is 0 Å². The predicted molar refractivity (Wildman–Crippen MR) is 34.2 cm³/mol. The van der Waals surface area contributed by atoms with Crippen LogP contribution in [-0.4, -0.2) is 42.1 Å². The van der Waals surface area contributed by atoms with Crippen molar-refractivity contribution in [2.75, 3.05) is 13.7 Å². The molecule has 0 radical (unpaired) electrons. The fourth-order valence-corrected chi connectivity index (χ4v) is 1.20. The molecule has 0 saturated carbocycles. The average Bonchev–Trinajstić information content (AvgIpc) is 2.29. The Hall–Kier alpha value is -0.330. The molecule has 0 aromatic heterocycles. The lowest BCUT2D eigenvalue weighted by Gasteiger charge is -2.19. The summed E-state index contributed by atoms with van der Waals surface area (Å²) in [4.78, 5) is 4.71. The first-order valence-electron chi connectivity index (χ1n) is 3.52. The minimum absolute atomic E-state index is 0.198. The van der Waals surface area contributed by atoms with E-state index < -0.39 is 18.3 Å². The minimum Gasteiger partial charge on any atom is -0.394 e. The third-order valence-corrected chi connectivity index (χ3v) is 1.82. The van der Waals surface area contributed by atoms with Crippen molar-refractivity contribution in [2.24, 2.45) is 0 Å². The van der Waals surface area contributed by atoms with Crippen molar-refractivity contribution in [3.05, 3.63) is 0 Å². The van der Waals surface area contributed by atoms with Crippen molar-refractivity contribution in [1.82, 2.24) is 5.06 Å². The average molecular weight is 185 g/mol. The number of rotatable bonds is 1. The van der Waals surface area contributed by atoms with Gasteiger partial charge >= 0.3 is 6.18 Å². The van der Waals surface area contributed by atoms with E-state index in [1.807, 2.05) is 0 Å². The maximum atomic E-state index is 12.1. The van der Waals surface area contributed by atoms with Gasteiger partial charge in [-0.1, -0.05) is 0 Å². The number of hydrogen-bond acceptors (Lipinski definition) is 3. The SMILES string of the molecule is CN1O[C@@H](CO)C[C@H]1C(F)(F)F. The van der Waals surface area contributed by atoms with E-state index in [1.54, 1.807) is 0 Å². The Balaban J connectivity index is 2.58. The molecule has 6 heteroatoms. The first-order valence-corrected chi connectivity index (χ1v) is 3.52. The first-order chi connectivity index (χ1) is 5.45. The summed E-state index contributed by atoms with van der Waals surface area (Å²) in [5, 5.41) is 9.30. The zero-order chi connectivity index (χ0) is 9.35. The quantitative estimate of drug-likeness (QED) is 0.647. The number of aliphatic hydroxyl groups excluding tert-OH is 1. The Morgan fingerprint density at radius 2 is 2.17 bits per heavy atom. The van der Waals surface area contributed by atoms with Crippen LogP contribution in [0.15, 0.2) is 0 Å². The predicted octanol–water partition coefficient (Wildman–Crippen LogP) is 0.545. The summed E-state index contributed by atoms with van der Waals surface area (Å²) in [5.41, 5.74) is 0. The van der Waals surface area contributed by atoms with E-state index in [9.17, 15) is 13.2 Å². The first kappa shape index (κ1) is 9.76. The third-order valence-electron chi connectivity index (χ3n) is 1.82. The molecule has 1 aliphatic heterocycles. The highest BCUT2D eigenvalue weighted by Crippen LogP contribution is 2.32. The van der Waals surface area contributed by atoms with Gasteiger partial charge in [0.1, 0.15) is 12.1 Å². The zero-order valence-electron chi connectivity index (χ0n) is 6.51. The smallest absolute Gasteiger partial charge is 0.394 e. The lowest BCUT2D eigenvalue weighted by Crippen LogP contribution is -2.37. The molecule has 1 fully saturated rings. The summed E-state index contributed by atoms with van der Waals surface area (Å²) >= 11 is 0. The molecule has 1 saturated heterocycles. The fourth-order valence-electron chi connectivity index (χ4n) is 1.20. The maximum absolute atomic E-state index is 12.1. The summed E-state index contributed by atoms with van der Waals surface area (Å²) < 4.78 is 36.4. The number of aliphatic hydroxyl groups is 1. The van der Waals surface area contributed by atoms with Gasteiger partial charge in [-0.3, -0.25) is 4.84 Å². The van der Waals surface area contributed by atoms with Crippen molar-refractivity contribution < 1.29 is 23.1 Å². The minimum atomic E-state index is -4.28. The highest BCUT2D eigenvalue weighted by molar-refractivity contribution is 4.81. The van der Waals surface area contributed by atoms with E-state index >= 15 is 0 Å². The van der Waals surface area contributed by atoms with Crippen molar-refractivity contribution >= 4 is 0 Å². The van der Waals surface area contributed by atoms with Gasteiger partial charge in [-0.05, 0) is 0 Å². The Labute approximate surface area is 67.7 Å². The number of hydrogen-bond donors (Lipinski definition) is 1. The second-order valence-corrected chi connectivity index (χ2v) is 2.75. The van der Waals surface area contributed by atoms with E-state index in [0.717, 1.165) is 5.06 Å². The second kappa shape index (κ2) is 3.20. The van der Waals surface area contributed by atoms with Gasteiger partial charge in [0, 0.05) is 13.5 Å². The lowest BCUT2D eigenvalue weighted by molar-refractivity contribution is -0.233. The van der Waals surface area contributed by atoms with Crippen LogP contribution in [0.25, 0.3) is 0 Å². The van der Waals surface area contributed by atoms with Crippen LogP contribution < -0.4 is 0 Å². The molecule has 1 rings (SSSR count). The van der Waals surface area contributed by atoms with Crippen LogP contribution in [-0.2, 0) is 4.84 Å². The van der Waals surface area contributed by atoms with E-state index in [-0.39, 0.29) is 13.0 Å². The molecule has 1 aliphatic rings. The van der Waals surface area contributed by atoms with Gasteiger partial charge in [0.25, 0.3) is 0 Å². The van der Waals surface area contributed by atoms with E-state index in [4.69, 9.17) is 9.94 Å². The number of halogens is 3. The molecular weight excluding hydrogens is 175 g/mol. The van der Waals surface area contributed by atoms with E-state index in [2.05, 4.69) is 0 Å². The molecule has 0 unspecified atom stereocenters. The largest absolute Gasteiger partial charge is 0.406 e. The van der Waals surface area contributed by atoms with Crippen LogP contribution in [0, 0.1) is 0 Å². The summed E-state index contributed by atoms with van der Waals surface area (Å²) in [5.74, 6) is 0. The molecule has 0 aromatic rings. The molecule has 0 aromatic carbocycles. The molecule has 3 nitrogen and oxygen atoms in total. The number of hydroxylamine groups is 2. The van der Waals surface area contributed by atoms with Crippen molar-refractivity contribution in [3.8, 4) is 0 Å². The topological polar surface area (TPSA) is 32.7 Å². The molecule has 1 N–H and O–H groups in total. The maximum Gasteiger partial charge on any atom is 0.406 e. The molecule has 0 spiro atoms. The number of alkyl halides is 3. The molecule has 12 heavy (non-hydrogen) atoms. The van der Waals surface area contributed by atoms with Crippen molar-refractivity contribution in [2.45, 2.75) is 24.7 Å². The van der Waals surface area contributed by atoms with Gasteiger partial charge in [-0.2, -0.15) is 18.2 Å². The molecule has 1 heterocycles. The van der Waals surface area contributed by atoms with Gasteiger partial charge in [-0.25, -0.2) is 0 Å². The van der Waals surface area contributed by atoms with Gasteiger partial charge in [0.2, 0.25) is 0 Å². The Bertz CT molecular complexity index is 161. The Kier molecular flexibility index (Phi) is 2.60. The highest BCUT2D eigenvalue weighted by Gasteiger charge is 2.48. The van der Waals surface area contributed by atoms with Crippen molar-refractivity contribution in [1.29, 1.82) is 0 Å². The fraction of sp³-hybridized carbons (Fsp3) is 1.00. The van der Waals surface area contributed by atoms with Gasteiger partial charge < -0.3 is 5.11 Å². The molecule has 0 aliphatic carbocycles.